The molecule has 0 radical (unpaired) electrons. The lowest BCUT2D eigenvalue weighted by Crippen LogP contribution is -2.62. The van der Waals surface area contributed by atoms with Gasteiger partial charge in [-0.25, -0.2) is 15.4 Å². The Labute approximate surface area is 440 Å². The first-order valence-electron chi connectivity index (χ1n) is 24.1. The summed E-state index contributed by atoms with van der Waals surface area (Å²) in [6, 6.07) is 36.4. The smallest absolute Gasteiger partial charge is 0.325 e. The summed E-state index contributed by atoms with van der Waals surface area (Å²) in [5.41, 5.74) is 6.42. The Kier molecular flexibility index (Phi) is 17.5. The molecule has 1 aliphatic rings. The van der Waals surface area contributed by atoms with Crippen LogP contribution in [-0.4, -0.2) is 84.3 Å². The average Bonchev–Trinajstić information content (AvgIpc) is 3.84. The number of nitrogens with one attached hydrogen (secondary N) is 3. The Morgan fingerprint density at radius 3 is 2.01 bits per heavy atom. The molecule has 0 unspecified atom stereocenters. The zero-order valence-corrected chi connectivity index (χ0v) is 43.8. The third-order valence-electron chi connectivity index (χ3n) is 12.8. The van der Waals surface area contributed by atoms with Crippen molar-refractivity contribution in [3.63, 3.8) is 0 Å². The SMILES string of the molecule is CC(=O)O[C@H](C)c1ccc2ccc(C=CC(C)(C)C(=O)N[C@H](C(=O)N[C@@H](Cc3cn(C(c4ccccc4)(c4ccccc4)c4ccccc4)cn3)C(=O)N3CCC[C@@H](C(=O)OCC(Cl)(Cl)Cl)N3)C(C)C)cc2n1. The van der Waals surface area contributed by atoms with E-state index in [-0.39, 0.29) is 13.0 Å². The first kappa shape index (κ1) is 54.2. The summed E-state index contributed by atoms with van der Waals surface area (Å²) in [7, 11) is 0. The molecule has 1 saturated heterocycles. The van der Waals surface area contributed by atoms with Crippen molar-refractivity contribution in [3.05, 3.63) is 174 Å². The minimum Gasteiger partial charge on any atom is -0.460 e. The fraction of sp³-hybridized carbons (Fsp3) is 0.339. The number of aromatic nitrogens is 3. The lowest BCUT2D eigenvalue weighted by atomic mass is 9.77. The number of fused-ring (bicyclic) bond motifs is 1. The van der Waals surface area contributed by atoms with E-state index < -0.39 is 81.2 Å². The summed E-state index contributed by atoms with van der Waals surface area (Å²) in [6.07, 6.45) is 7.35. The van der Waals surface area contributed by atoms with Gasteiger partial charge in [-0.15, -0.1) is 0 Å². The van der Waals surface area contributed by atoms with E-state index in [1.807, 2.05) is 102 Å². The van der Waals surface area contributed by atoms with Crippen molar-refractivity contribution in [1.29, 1.82) is 0 Å². The predicted octanol–water partition coefficient (Wildman–Crippen LogP) is 9.21. The van der Waals surface area contributed by atoms with Crippen molar-refractivity contribution < 1.29 is 33.4 Å². The largest absolute Gasteiger partial charge is 0.460 e. The topological polar surface area (TPSA) is 174 Å². The van der Waals surface area contributed by atoms with Crippen molar-refractivity contribution in [1.82, 2.24) is 35.6 Å². The summed E-state index contributed by atoms with van der Waals surface area (Å²) >= 11 is 17.6. The highest BCUT2D eigenvalue weighted by molar-refractivity contribution is 6.67. The number of imidazole rings is 1. The number of hydrogen-bond donors (Lipinski definition) is 3. The Morgan fingerprint density at radius 1 is 0.836 bits per heavy atom. The minimum atomic E-state index is -1.83. The molecule has 17 heteroatoms. The summed E-state index contributed by atoms with van der Waals surface area (Å²) in [5.74, 6) is -3.09. The van der Waals surface area contributed by atoms with Crippen molar-refractivity contribution in [2.24, 2.45) is 11.3 Å². The first-order chi connectivity index (χ1) is 34.7. The van der Waals surface area contributed by atoms with Gasteiger partial charge in [0, 0.05) is 31.5 Å². The molecular formula is C56H60Cl3N7O7. The number of hydrazine groups is 1. The molecule has 1 fully saturated rings. The van der Waals surface area contributed by atoms with E-state index in [1.165, 1.54) is 11.9 Å². The molecular weight excluding hydrogens is 989 g/mol. The summed E-state index contributed by atoms with van der Waals surface area (Å²) < 4.78 is 10.8. The Balaban J connectivity index is 1.17. The maximum atomic E-state index is 14.8. The second kappa shape index (κ2) is 23.5. The van der Waals surface area contributed by atoms with E-state index in [0.29, 0.717) is 29.7 Å². The van der Waals surface area contributed by atoms with Crippen LogP contribution in [0.1, 0.15) is 94.1 Å². The van der Waals surface area contributed by atoms with Crippen molar-refractivity contribution in [2.75, 3.05) is 13.2 Å². The van der Waals surface area contributed by atoms with Crippen LogP contribution in [0, 0.1) is 11.3 Å². The molecule has 0 aliphatic carbocycles. The molecule has 4 atom stereocenters. The van der Waals surface area contributed by atoms with E-state index in [9.17, 15) is 24.0 Å². The van der Waals surface area contributed by atoms with Crippen LogP contribution >= 0.6 is 34.8 Å². The van der Waals surface area contributed by atoms with Gasteiger partial charge in [-0.3, -0.25) is 29.0 Å². The van der Waals surface area contributed by atoms with E-state index in [1.54, 1.807) is 47.0 Å². The summed E-state index contributed by atoms with van der Waals surface area (Å²) in [5, 5.41) is 8.13. The molecule has 14 nitrogen and oxygen atoms in total. The molecule has 3 heterocycles. The van der Waals surface area contributed by atoms with Gasteiger partial charge in [0.1, 0.15) is 36.4 Å². The Bertz CT molecular complexity index is 2830. The minimum absolute atomic E-state index is 0.0651. The van der Waals surface area contributed by atoms with Crippen molar-refractivity contribution in [3.8, 4) is 0 Å². The van der Waals surface area contributed by atoms with E-state index in [0.717, 1.165) is 27.6 Å². The summed E-state index contributed by atoms with van der Waals surface area (Å²) in [4.78, 5) is 78.0. The molecule has 0 saturated carbocycles. The Hall–Kier alpha value is -6.58. The number of alkyl halides is 3. The van der Waals surface area contributed by atoms with E-state index in [4.69, 9.17) is 54.2 Å². The number of carbonyl (C=O) groups excluding carboxylic acids is 5. The highest BCUT2D eigenvalue weighted by Crippen LogP contribution is 2.41. The highest BCUT2D eigenvalue weighted by atomic mass is 35.6. The normalized spacial score (nSPS) is 15.6. The third-order valence-corrected chi connectivity index (χ3v) is 13.1. The third kappa shape index (κ3) is 13.3. The van der Waals surface area contributed by atoms with Crippen LogP contribution < -0.4 is 16.1 Å². The molecule has 3 N–H and O–H groups in total. The molecule has 2 aromatic heterocycles. The molecule has 7 rings (SSSR count). The van der Waals surface area contributed by atoms with Gasteiger partial charge in [0.2, 0.25) is 15.6 Å². The van der Waals surface area contributed by atoms with Gasteiger partial charge in [0.25, 0.3) is 5.91 Å². The number of hydrogen-bond acceptors (Lipinski definition) is 10. The predicted molar refractivity (Wildman–Crippen MR) is 283 cm³/mol. The number of amides is 3. The quantitative estimate of drug-likeness (QED) is 0.0428. The van der Waals surface area contributed by atoms with Crippen LogP contribution in [0.3, 0.4) is 0 Å². The maximum Gasteiger partial charge on any atom is 0.325 e. The fourth-order valence-corrected chi connectivity index (χ4v) is 9.06. The zero-order valence-electron chi connectivity index (χ0n) is 41.6. The maximum absolute atomic E-state index is 14.8. The molecule has 1 aliphatic heterocycles. The van der Waals surface area contributed by atoms with Gasteiger partial charge < -0.3 is 24.7 Å². The van der Waals surface area contributed by atoms with Gasteiger partial charge in [0.15, 0.2) is 0 Å². The lowest BCUT2D eigenvalue weighted by molar-refractivity contribution is -0.153. The fourth-order valence-electron chi connectivity index (χ4n) is 8.90. The van der Waals surface area contributed by atoms with Crippen LogP contribution in [0.25, 0.3) is 17.0 Å². The number of benzene rings is 4. The first-order valence-corrected chi connectivity index (χ1v) is 25.3. The summed E-state index contributed by atoms with van der Waals surface area (Å²) in [6.45, 7) is 9.92. The highest BCUT2D eigenvalue weighted by Gasteiger charge is 2.40. The monoisotopic (exact) mass is 1050 g/mol. The molecule has 382 valence electrons. The van der Waals surface area contributed by atoms with Crippen LogP contribution in [0.15, 0.2) is 140 Å². The van der Waals surface area contributed by atoms with E-state index in [2.05, 4.69) is 52.5 Å². The zero-order chi connectivity index (χ0) is 52.5. The number of halogens is 3. The van der Waals surface area contributed by atoms with Crippen LogP contribution in [0.5, 0.6) is 0 Å². The molecule has 0 spiro atoms. The molecule has 0 bridgehead atoms. The van der Waals surface area contributed by atoms with Crippen molar-refractivity contribution >= 4 is 81.4 Å². The molecule has 73 heavy (non-hydrogen) atoms. The molecule has 6 aromatic rings. The number of esters is 2. The second-order valence-electron chi connectivity index (χ2n) is 19.1. The second-order valence-corrected chi connectivity index (χ2v) is 21.6. The molecule has 4 aromatic carbocycles. The molecule has 3 amide bonds. The number of rotatable bonds is 18. The van der Waals surface area contributed by atoms with Crippen LogP contribution in [-0.2, 0) is 45.4 Å². The van der Waals surface area contributed by atoms with Gasteiger partial charge in [-0.05, 0) is 73.9 Å². The Morgan fingerprint density at radius 2 is 1.44 bits per heavy atom. The van der Waals surface area contributed by atoms with E-state index >= 15 is 0 Å². The van der Waals surface area contributed by atoms with Gasteiger partial charge in [0.05, 0.1) is 28.6 Å². The number of nitrogens with zero attached hydrogens (tertiary/aromatic N) is 4. The lowest BCUT2D eigenvalue weighted by Gasteiger charge is -2.37. The number of ether oxygens (including phenoxy) is 2. The number of carbonyl (C=O) groups is 5. The van der Waals surface area contributed by atoms with Crippen molar-refractivity contribution in [2.45, 2.75) is 94.4 Å². The van der Waals surface area contributed by atoms with Crippen LogP contribution in [0.2, 0.25) is 0 Å². The average molecular weight is 1050 g/mol. The van der Waals surface area contributed by atoms with Crippen LogP contribution in [0.4, 0.5) is 0 Å². The van der Waals surface area contributed by atoms with Gasteiger partial charge >= 0.3 is 11.9 Å². The number of pyridine rings is 1. The van der Waals surface area contributed by atoms with Gasteiger partial charge in [-0.1, -0.05) is 170 Å². The standard InChI is InChI=1S/C56H60Cl3N7O7/c1-36(2)49(63-53(71)54(5,6)29-28-39-24-25-40-26-27-45(61-47(40)31-39)37(3)73-38(4)67)50(68)62-48(51(69)66-30-16-23-46(64-66)52(70)72-34-55(57,58)59)32-44-33-65(35-60-44)56(41-17-10-7-11-18-41,42-19-12-8-13-20-42)43-21-14-9-15-22-43/h7-15,17-22,24-29,31,33,35-37,46,48-49,64H,16,23,30,32,34H2,1-6H3,(H,62,68)(H,63,71)/t37-,46+,48+,49+/m1/s1. The van der Waals surface area contributed by atoms with Gasteiger partial charge in [-0.2, -0.15) is 0 Å².